The third-order valence-electron chi connectivity index (χ3n) is 3.00. The van der Waals surface area contributed by atoms with Gasteiger partial charge in [0, 0.05) is 18.6 Å². The van der Waals surface area contributed by atoms with Gasteiger partial charge in [-0.3, -0.25) is 0 Å². The second-order valence-electron chi connectivity index (χ2n) is 4.76. The molecule has 0 spiro atoms. The van der Waals surface area contributed by atoms with Gasteiger partial charge < -0.3 is 10.3 Å². The van der Waals surface area contributed by atoms with Crippen LogP contribution in [-0.4, -0.2) is 24.6 Å². The maximum absolute atomic E-state index is 4.53. The molecule has 19 heavy (non-hydrogen) atoms. The molecule has 0 atom stereocenters. The zero-order valence-electron chi connectivity index (χ0n) is 11.0. The molecule has 2 N–H and O–H groups in total. The van der Waals surface area contributed by atoms with E-state index in [0.29, 0.717) is 12.5 Å². The number of aromatic nitrogens is 5. The lowest BCUT2D eigenvalue weighted by Crippen LogP contribution is -2.03. The topological polar surface area (TPSA) is 70.9 Å². The van der Waals surface area contributed by atoms with E-state index in [-0.39, 0.29) is 0 Å². The Balaban J connectivity index is 1.90. The highest BCUT2D eigenvalue weighted by atomic mass is 15.2. The molecule has 98 valence electrons. The largest absolute Gasteiger partial charge is 0.363 e. The van der Waals surface area contributed by atoms with Crippen molar-refractivity contribution in [3.63, 3.8) is 0 Å². The van der Waals surface area contributed by atoms with E-state index in [1.54, 1.807) is 18.7 Å². The number of aromatic amines is 1. The summed E-state index contributed by atoms with van der Waals surface area (Å²) in [5.74, 6) is 1.23. The van der Waals surface area contributed by atoms with Gasteiger partial charge in [0.2, 0.25) is 0 Å². The SMILES string of the molecule is CC(C)c1cc2c(NCc3cnc[nH]3)nccn2n1. The second kappa shape index (κ2) is 4.72. The Morgan fingerprint density at radius 3 is 3.05 bits per heavy atom. The standard InChI is InChI=1S/C13H16N6/c1-9(2)11-5-12-13(15-3-4-19(12)18-11)16-7-10-6-14-8-17-10/h3-6,8-9H,7H2,1-2H3,(H,14,17)(H,15,16). The van der Waals surface area contributed by atoms with Crippen molar-refractivity contribution in [3.05, 3.63) is 42.4 Å². The van der Waals surface area contributed by atoms with Crippen molar-refractivity contribution in [1.29, 1.82) is 0 Å². The average molecular weight is 256 g/mol. The highest BCUT2D eigenvalue weighted by Crippen LogP contribution is 2.20. The van der Waals surface area contributed by atoms with E-state index in [1.165, 1.54) is 0 Å². The fraction of sp³-hybridized carbons (Fsp3) is 0.308. The van der Waals surface area contributed by atoms with Crippen molar-refractivity contribution in [3.8, 4) is 0 Å². The molecule has 0 aliphatic carbocycles. The van der Waals surface area contributed by atoms with Crippen molar-refractivity contribution in [2.75, 3.05) is 5.32 Å². The summed E-state index contributed by atoms with van der Waals surface area (Å²) in [4.78, 5) is 11.4. The minimum absolute atomic E-state index is 0.403. The van der Waals surface area contributed by atoms with Gasteiger partial charge in [-0.25, -0.2) is 14.5 Å². The number of fused-ring (bicyclic) bond motifs is 1. The number of anilines is 1. The highest BCUT2D eigenvalue weighted by Gasteiger charge is 2.09. The molecule has 3 aromatic rings. The van der Waals surface area contributed by atoms with Crippen molar-refractivity contribution in [1.82, 2.24) is 24.6 Å². The first-order valence-electron chi connectivity index (χ1n) is 6.29. The van der Waals surface area contributed by atoms with Gasteiger partial charge in [-0.05, 0) is 12.0 Å². The van der Waals surface area contributed by atoms with Crippen LogP contribution in [0.25, 0.3) is 5.52 Å². The quantitative estimate of drug-likeness (QED) is 0.750. The molecule has 0 aromatic carbocycles. The molecule has 0 bridgehead atoms. The van der Waals surface area contributed by atoms with E-state index in [2.05, 4.69) is 45.3 Å². The zero-order chi connectivity index (χ0) is 13.2. The first kappa shape index (κ1) is 11.7. The number of imidazole rings is 1. The lowest BCUT2D eigenvalue weighted by atomic mass is 10.1. The maximum atomic E-state index is 4.53. The molecule has 0 radical (unpaired) electrons. The van der Waals surface area contributed by atoms with Gasteiger partial charge in [-0.2, -0.15) is 5.10 Å². The molecule has 3 aromatic heterocycles. The van der Waals surface area contributed by atoms with Gasteiger partial charge >= 0.3 is 0 Å². The maximum Gasteiger partial charge on any atom is 0.152 e. The van der Waals surface area contributed by atoms with E-state index < -0.39 is 0 Å². The zero-order valence-corrected chi connectivity index (χ0v) is 11.0. The summed E-state index contributed by atoms with van der Waals surface area (Å²) in [6.07, 6.45) is 7.08. The second-order valence-corrected chi connectivity index (χ2v) is 4.76. The number of hydrogen-bond acceptors (Lipinski definition) is 4. The molecule has 0 aliphatic heterocycles. The predicted octanol–water partition coefficient (Wildman–Crippen LogP) is 2.19. The Labute approximate surface area is 110 Å². The number of rotatable bonds is 4. The van der Waals surface area contributed by atoms with Crippen LogP contribution >= 0.6 is 0 Å². The number of H-pyrrole nitrogens is 1. The molecule has 3 rings (SSSR count). The molecule has 6 heteroatoms. The van der Waals surface area contributed by atoms with Crippen molar-refractivity contribution < 1.29 is 0 Å². The smallest absolute Gasteiger partial charge is 0.152 e. The summed E-state index contributed by atoms with van der Waals surface area (Å²) in [6.45, 7) is 4.93. The molecule has 0 fully saturated rings. The molecule has 6 nitrogen and oxygen atoms in total. The van der Waals surface area contributed by atoms with Crippen molar-refractivity contribution >= 4 is 11.3 Å². The Bertz CT molecular complexity index is 668. The first-order chi connectivity index (χ1) is 9.24. The van der Waals surface area contributed by atoms with Gasteiger partial charge in [-0.1, -0.05) is 13.8 Å². The lowest BCUT2D eigenvalue weighted by molar-refractivity contribution is 0.787. The minimum atomic E-state index is 0.403. The van der Waals surface area contributed by atoms with E-state index in [9.17, 15) is 0 Å². The summed E-state index contributed by atoms with van der Waals surface area (Å²) in [5, 5.41) is 7.83. The van der Waals surface area contributed by atoms with E-state index in [1.807, 2.05) is 10.7 Å². The van der Waals surface area contributed by atoms with Crippen LogP contribution in [0.3, 0.4) is 0 Å². The van der Waals surface area contributed by atoms with Crippen LogP contribution in [0.4, 0.5) is 5.82 Å². The molecular weight excluding hydrogens is 240 g/mol. The predicted molar refractivity (Wildman–Crippen MR) is 73.0 cm³/mol. The van der Waals surface area contributed by atoms with Crippen molar-refractivity contribution in [2.45, 2.75) is 26.3 Å². The van der Waals surface area contributed by atoms with Crippen LogP contribution in [-0.2, 0) is 6.54 Å². The third kappa shape index (κ3) is 2.29. The van der Waals surface area contributed by atoms with Crippen LogP contribution in [0.1, 0.15) is 31.2 Å². The molecule has 0 saturated carbocycles. The molecule has 0 unspecified atom stereocenters. The highest BCUT2D eigenvalue weighted by molar-refractivity contribution is 5.67. The fourth-order valence-corrected chi connectivity index (χ4v) is 1.92. The molecule has 3 heterocycles. The van der Waals surface area contributed by atoms with Gasteiger partial charge in [0.05, 0.1) is 24.3 Å². The number of nitrogens with one attached hydrogen (secondary N) is 2. The molecule has 0 aliphatic rings. The molecular formula is C13H16N6. The summed E-state index contributed by atoms with van der Waals surface area (Å²) < 4.78 is 1.86. The normalized spacial score (nSPS) is 11.3. The summed E-state index contributed by atoms with van der Waals surface area (Å²) in [5.41, 5.74) is 3.08. The Kier molecular flexibility index (Phi) is 2.91. The molecule has 0 saturated heterocycles. The summed E-state index contributed by atoms with van der Waals surface area (Å²) in [7, 11) is 0. The van der Waals surface area contributed by atoms with Gasteiger partial charge in [-0.15, -0.1) is 0 Å². The van der Waals surface area contributed by atoms with Gasteiger partial charge in [0.15, 0.2) is 5.82 Å². The average Bonchev–Trinajstić information content (AvgIpc) is 3.05. The van der Waals surface area contributed by atoms with Crippen LogP contribution in [0, 0.1) is 0 Å². The minimum Gasteiger partial charge on any atom is -0.363 e. The van der Waals surface area contributed by atoms with E-state index >= 15 is 0 Å². The Morgan fingerprint density at radius 2 is 2.32 bits per heavy atom. The van der Waals surface area contributed by atoms with Crippen LogP contribution in [0.5, 0.6) is 0 Å². The Morgan fingerprint density at radius 1 is 1.42 bits per heavy atom. The molecule has 0 amide bonds. The van der Waals surface area contributed by atoms with Crippen LogP contribution < -0.4 is 5.32 Å². The van der Waals surface area contributed by atoms with Gasteiger partial charge in [0.25, 0.3) is 0 Å². The monoisotopic (exact) mass is 256 g/mol. The number of nitrogens with zero attached hydrogens (tertiary/aromatic N) is 4. The fourth-order valence-electron chi connectivity index (χ4n) is 1.92. The third-order valence-corrected chi connectivity index (χ3v) is 3.00. The first-order valence-corrected chi connectivity index (χ1v) is 6.29. The van der Waals surface area contributed by atoms with Crippen LogP contribution in [0.2, 0.25) is 0 Å². The Hall–Kier alpha value is -2.37. The van der Waals surface area contributed by atoms with E-state index in [0.717, 1.165) is 22.7 Å². The van der Waals surface area contributed by atoms with Crippen molar-refractivity contribution in [2.24, 2.45) is 0 Å². The van der Waals surface area contributed by atoms with Gasteiger partial charge in [0.1, 0.15) is 5.52 Å². The van der Waals surface area contributed by atoms with E-state index in [4.69, 9.17) is 0 Å². The summed E-state index contributed by atoms with van der Waals surface area (Å²) in [6, 6.07) is 2.08. The lowest BCUT2D eigenvalue weighted by Gasteiger charge is -2.04. The van der Waals surface area contributed by atoms with Crippen LogP contribution in [0.15, 0.2) is 31.0 Å². The summed E-state index contributed by atoms with van der Waals surface area (Å²) >= 11 is 0. The number of hydrogen-bond donors (Lipinski definition) is 2.